The molecule has 0 amide bonds. The molecule has 1 fully saturated rings. The number of hydrogen-bond acceptors (Lipinski definition) is 3. The maximum atomic E-state index is 5.43. The topological polar surface area (TPSA) is 48.9 Å². The third-order valence-electron chi connectivity index (χ3n) is 4.28. The Labute approximate surface area is 140 Å². The van der Waals surface area contributed by atoms with Crippen molar-refractivity contribution in [1.82, 2.24) is 15.5 Å². The molecule has 1 heterocycles. The van der Waals surface area contributed by atoms with E-state index in [1.54, 1.807) is 0 Å². The van der Waals surface area contributed by atoms with Crippen molar-refractivity contribution < 1.29 is 4.74 Å². The van der Waals surface area contributed by atoms with Crippen LogP contribution in [0.5, 0.6) is 0 Å². The summed E-state index contributed by atoms with van der Waals surface area (Å²) in [5, 5.41) is 6.82. The Balaban J connectivity index is 1.94. The summed E-state index contributed by atoms with van der Waals surface area (Å²) in [6.07, 6.45) is 1.08. The number of morpholine rings is 1. The van der Waals surface area contributed by atoms with E-state index in [0.717, 1.165) is 51.8 Å². The molecule has 2 rings (SSSR count). The van der Waals surface area contributed by atoms with E-state index in [9.17, 15) is 0 Å². The molecule has 2 N–H and O–H groups in total. The van der Waals surface area contributed by atoms with Crippen LogP contribution >= 0.6 is 0 Å². The smallest absolute Gasteiger partial charge is 0.191 e. The molecule has 5 heteroatoms. The van der Waals surface area contributed by atoms with Crippen molar-refractivity contribution in [1.29, 1.82) is 0 Å². The molecule has 1 aromatic carbocycles. The number of benzene rings is 1. The van der Waals surface area contributed by atoms with Crippen LogP contribution < -0.4 is 10.6 Å². The van der Waals surface area contributed by atoms with Gasteiger partial charge in [0.2, 0.25) is 0 Å². The molecule has 0 aromatic heterocycles. The number of guanidine groups is 1. The molecule has 0 radical (unpaired) electrons. The first-order chi connectivity index (χ1) is 11.2. The highest BCUT2D eigenvalue weighted by Crippen LogP contribution is 2.13. The maximum Gasteiger partial charge on any atom is 0.191 e. The SMILES string of the molecule is CCC(C)NC(=NC)NCc1ccccc1CN1CCOCC1. The summed E-state index contributed by atoms with van der Waals surface area (Å²) < 4.78 is 5.43. The number of nitrogens with one attached hydrogen (secondary N) is 2. The van der Waals surface area contributed by atoms with Crippen LogP contribution in [-0.2, 0) is 17.8 Å². The Bertz CT molecular complexity index is 498. The molecule has 1 atom stereocenters. The molecule has 1 aromatic rings. The average Bonchev–Trinajstić information content (AvgIpc) is 2.60. The Morgan fingerprint density at radius 1 is 1.26 bits per heavy atom. The van der Waals surface area contributed by atoms with Gasteiger partial charge in [0.25, 0.3) is 0 Å². The van der Waals surface area contributed by atoms with Gasteiger partial charge in [-0.3, -0.25) is 9.89 Å². The maximum absolute atomic E-state index is 5.43. The van der Waals surface area contributed by atoms with E-state index in [0.29, 0.717) is 6.04 Å². The zero-order valence-electron chi connectivity index (χ0n) is 14.6. The van der Waals surface area contributed by atoms with Gasteiger partial charge in [-0.25, -0.2) is 0 Å². The Hall–Kier alpha value is -1.59. The summed E-state index contributed by atoms with van der Waals surface area (Å²) in [7, 11) is 1.82. The zero-order valence-corrected chi connectivity index (χ0v) is 14.6. The van der Waals surface area contributed by atoms with Gasteiger partial charge in [0.15, 0.2) is 5.96 Å². The standard InChI is InChI=1S/C18H30N4O/c1-4-15(2)21-18(19-3)20-13-16-7-5-6-8-17(16)14-22-9-11-23-12-10-22/h5-8,15H,4,9-14H2,1-3H3,(H2,19,20,21). The second-order valence-electron chi connectivity index (χ2n) is 6.04. The van der Waals surface area contributed by atoms with Crippen molar-refractivity contribution >= 4 is 5.96 Å². The molecule has 1 unspecified atom stereocenters. The lowest BCUT2D eigenvalue weighted by Gasteiger charge is -2.27. The molecule has 128 valence electrons. The van der Waals surface area contributed by atoms with Crippen LogP contribution in [0.3, 0.4) is 0 Å². The van der Waals surface area contributed by atoms with E-state index in [-0.39, 0.29) is 0 Å². The summed E-state index contributed by atoms with van der Waals surface area (Å²) in [5.41, 5.74) is 2.70. The molecular weight excluding hydrogens is 288 g/mol. The Kier molecular flexibility index (Phi) is 7.36. The van der Waals surface area contributed by atoms with Crippen molar-refractivity contribution in [3.8, 4) is 0 Å². The third-order valence-corrected chi connectivity index (χ3v) is 4.28. The molecule has 1 saturated heterocycles. The molecular formula is C18H30N4O. The molecule has 5 nitrogen and oxygen atoms in total. The first-order valence-electron chi connectivity index (χ1n) is 8.57. The summed E-state index contributed by atoms with van der Waals surface area (Å²) in [4.78, 5) is 6.76. The molecule has 1 aliphatic heterocycles. The Morgan fingerprint density at radius 2 is 1.96 bits per heavy atom. The normalized spacial score (nSPS) is 17.8. The fourth-order valence-electron chi connectivity index (χ4n) is 2.59. The monoisotopic (exact) mass is 318 g/mol. The highest BCUT2D eigenvalue weighted by molar-refractivity contribution is 5.79. The van der Waals surface area contributed by atoms with E-state index in [1.807, 2.05) is 7.05 Å². The van der Waals surface area contributed by atoms with Crippen molar-refractivity contribution in [2.75, 3.05) is 33.4 Å². The average molecular weight is 318 g/mol. The minimum atomic E-state index is 0.421. The second kappa shape index (κ2) is 9.53. The van der Waals surface area contributed by atoms with Gasteiger partial charge < -0.3 is 15.4 Å². The zero-order chi connectivity index (χ0) is 16.5. The molecule has 0 aliphatic carbocycles. The van der Waals surface area contributed by atoms with Gasteiger partial charge in [-0.15, -0.1) is 0 Å². The van der Waals surface area contributed by atoms with Crippen LogP contribution in [0, 0.1) is 0 Å². The van der Waals surface area contributed by atoms with Gasteiger partial charge in [-0.05, 0) is 24.5 Å². The van der Waals surface area contributed by atoms with Crippen molar-refractivity contribution in [3.05, 3.63) is 35.4 Å². The molecule has 23 heavy (non-hydrogen) atoms. The van der Waals surface area contributed by atoms with Gasteiger partial charge in [0.1, 0.15) is 0 Å². The van der Waals surface area contributed by atoms with E-state index in [2.05, 4.69) is 58.6 Å². The summed E-state index contributed by atoms with van der Waals surface area (Å²) in [6, 6.07) is 9.05. The summed E-state index contributed by atoms with van der Waals surface area (Å²) >= 11 is 0. The van der Waals surface area contributed by atoms with Crippen LogP contribution in [0.25, 0.3) is 0 Å². The summed E-state index contributed by atoms with van der Waals surface area (Å²) in [5.74, 6) is 0.862. The number of rotatable bonds is 6. The van der Waals surface area contributed by atoms with Gasteiger partial charge in [-0.2, -0.15) is 0 Å². The van der Waals surface area contributed by atoms with Gasteiger partial charge in [0.05, 0.1) is 13.2 Å². The van der Waals surface area contributed by atoms with Gasteiger partial charge in [-0.1, -0.05) is 31.2 Å². The molecule has 0 spiro atoms. The predicted octanol–water partition coefficient (Wildman–Crippen LogP) is 1.98. The number of aliphatic imine (C=N–C) groups is 1. The van der Waals surface area contributed by atoms with E-state index in [4.69, 9.17) is 4.74 Å². The quantitative estimate of drug-likeness (QED) is 0.622. The van der Waals surface area contributed by atoms with E-state index < -0.39 is 0 Å². The highest BCUT2D eigenvalue weighted by atomic mass is 16.5. The summed E-state index contributed by atoms with van der Waals surface area (Å²) in [6.45, 7) is 9.81. The van der Waals surface area contributed by atoms with Crippen LogP contribution in [0.1, 0.15) is 31.4 Å². The fourth-order valence-corrected chi connectivity index (χ4v) is 2.59. The second-order valence-corrected chi connectivity index (χ2v) is 6.04. The Morgan fingerprint density at radius 3 is 2.61 bits per heavy atom. The lowest BCUT2D eigenvalue weighted by Crippen LogP contribution is -2.41. The van der Waals surface area contributed by atoms with Crippen LogP contribution in [0.4, 0.5) is 0 Å². The largest absolute Gasteiger partial charge is 0.379 e. The van der Waals surface area contributed by atoms with E-state index >= 15 is 0 Å². The van der Waals surface area contributed by atoms with Crippen LogP contribution in [0.2, 0.25) is 0 Å². The van der Waals surface area contributed by atoms with E-state index in [1.165, 1.54) is 11.1 Å². The number of nitrogens with zero attached hydrogens (tertiary/aromatic N) is 2. The number of hydrogen-bond donors (Lipinski definition) is 2. The van der Waals surface area contributed by atoms with Gasteiger partial charge in [0, 0.05) is 39.3 Å². The minimum Gasteiger partial charge on any atom is -0.379 e. The highest BCUT2D eigenvalue weighted by Gasteiger charge is 2.13. The minimum absolute atomic E-state index is 0.421. The predicted molar refractivity (Wildman–Crippen MR) is 95.6 cm³/mol. The lowest BCUT2D eigenvalue weighted by molar-refractivity contribution is 0.0341. The van der Waals surface area contributed by atoms with Crippen LogP contribution in [-0.4, -0.2) is 50.3 Å². The van der Waals surface area contributed by atoms with Crippen molar-refractivity contribution in [2.24, 2.45) is 4.99 Å². The third kappa shape index (κ3) is 5.84. The lowest BCUT2D eigenvalue weighted by atomic mass is 10.1. The molecule has 0 bridgehead atoms. The van der Waals surface area contributed by atoms with Crippen LogP contribution in [0.15, 0.2) is 29.3 Å². The fraction of sp³-hybridized carbons (Fsp3) is 0.611. The molecule has 0 saturated carbocycles. The first kappa shape index (κ1) is 17.8. The molecule has 1 aliphatic rings. The number of ether oxygens (including phenoxy) is 1. The van der Waals surface area contributed by atoms with Crippen molar-refractivity contribution in [2.45, 2.75) is 39.4 Å². The van der Waals surface area contributed by atoms with Crippen molar-refractivity contribution in [3.63, 3.8) is 0 Å². The first-order valence-corrected chi connectivity index (χ1v) is 8.57. The van der Waals surface area contributed by atoms with Gasteiger partial charge >= 0.3 is 0 Å².